The molecule has 0 bridgehead atoms. The second-order valence-electron chi connectivity index (χ2n) is 10.3. The first kappa shape index (κ1) is 25.9. The third kappa shape index (κ3) is 6.50. The van der Waals surface area contributed by atoms with Crippen LogP contribution in [-0.2, 0) is 14.9 Å². The van der Waals surface area contributed by atoms with Crippen LogP contribution in [0.3, 0.4) is 0 Å². The molecule has 0 radical (unpaired) electrons. The molecule has 1 fully saturated rings. The molecule has 0 unspecified atom stereocenters. The Morgan fingerprint density at radius 1 is 1.08 bits per heavy atom. The second kappa shape index (κ2) is 10.8. The van der Waals surface area contributed by atoms with E-state index in [2.05, 4.69) is 67.3 Å². The highest BCUT2D eigenvalue weighted by Crippen LogP contribution is 2.29. The number of nitrogens with one attached hydrogen (secondary N) is 2. The van der Waals surface area contributed by atoms with Crippen LogP contribution in [0.2, 0.25) is 0 Å². The van der Waals surface area contributed by atoms with Crippen molar-refractivity contribution in [1.82, 2.24) is 10.3 Å². The number of rotatable bonds is 6. The lowest BCUT2D eigenvalue weighted by Gasteiger charge is -2.37. The maximum Gasteiger partial charge on any atom is 0.251 e. The fourth-order valence-electron chi connectivity index (χ4n) is 4.27. The van der Waals surface area contributed by atoms with Crippen molar-refractivity contribution in [3.05, 3.63) is 65.0 Å². The van der Waals surface area contributed by atoms with Gasteiger partial charge >= 0.3 is 0 Å². The van der Waals surface area contributed by atoms with Gasteiger partial charge in [0.1, 0.15) is 0 Å². The highest BCUT2D eigenvalue weighted by atomic mass is 32.1. The molecule has 1 aliphatic rings. The van der Waals surface area contributed by atoms with E-state index >= 15 is 0 Å². The minimum Gasteiger partial charge on any atom is -0.372 e. The van der Waals surface area contributed by atoms with E-state index in [-0.39, 0.29) is 36.0 Å². The Morgan fingerprint density at radius 3 is 2.53 bits per heavy atom. The molecule has 2 aromatic carbocycles. The van der Waals surface area contributed by atoms with Crippen LogP contribution in [0.25, 0.3) is 11.3 Å². The van der Waals surface area contributed by atoms with E-state index in [9.17, 15) is 9.59 Å². The van der Waals surface area contributed by atoms with Gasteiger partial charge in [-0.15, -0.1) is 11.3 Å². The molecule has 1 aliphatic heterocycles. The molecule has 8 heteroatoms. The Balaban J connectivity index is 1.35. The number of aromatic nitrogens is 1. The standard InChI is InChI=1S/C28H34N4O3S/c1-18-15-32(16-19(2)35-18)23-11-7-8-20(13-23)24-17-36-27(30-24)31-25(33)14-29-26(34)21-9-6-10-22(12-21)28(3,4)5/h6-13,17-19H,14-16H2,1-5H3,(H,29,34)(H,30,31,33)/t18-,19+. The number of morpholine rings is 1. The summed E-state index contributed by atoms with van der Waals surface area (Å²) in [6.45, 7) is 12.0. The summed E-state index contributed by atoms with van der Waals surface area (Å²) >= 11 is 1.36. The van der Waals surface area contributed by atoms with E-state index in [0.717, 1.165) is 35.6 Å². The van der Waals surface area contributed by atoms with Gasteiger partial charge in [0.2, 0.25) is 5.91 Å². The predicted molar refractivity (Wildman–Crippen MR) is 146 cm³/mol. The van der Waals surface area contributed by atoms with Crippen molar-refractivity contribution in [2.75, 3.05) is 29.9 Å². The van der Waals surface area contributed by atoms with E-state index in [0.29, 0.717) is 10.7 Å². The van der Waals surface area contributed by atoms with Gasteiger partial charge in [0, 0.05) is 35.3 Å². The molecular weight excluding hydrogens is 472 g/mol. The van der Waals surface area contributed by atoms with Crippen molar-refractivity contribution in [3.63, 3.8) is 0 Å². The zero-order valence-electron chi connectivity index (χ0n) is 21.5. The summed E-state index contributed by atoms with van der Waals surface area (Å²) in [6, 6.07) is 15.7. The van der Waals surface area contributed by atoms with Crippen molar-refractivity contribution >= 4 is 34.0 Å². The SMILES string of the molecule is C[C@@H]1CN(c2cccc(-c3csc(NC(=O)CNC(=O)c4cccc(C(C)(C)C)c4)n3)c2)C[C@H](C)O1. The summed E-state index contributed by atoms with van der Waals surface area (Å²) in [5.41, 5.74) is 4.46. The Hall–Kier alpha value is -3.23. The second-order valence-corrected chi connectivity index (χ2v) is 11.2. The fourth-order valence-corrected chi connectivity index (χ4v) is 5.00. The van der Waals surface area contributed by atoms with Gasteiger partial charge in [0.25, 0.3) is 5.91 Å². The summed E-state index contributed by atoms with van der Waals surface area (Å²) in [6.07, 6.45) is 0.364. The number of anilines is 2. The molecule has 2 atom stereocenters. The number of nitrogens with zero attached hydrogens (tertiary/aromatic N) is 2. The summed E-state index contributed by atoms with van der Waals surface area (Å²) < 4.78 is 5.85. The highest BCUT2D eigenvalue weighted by Gasteiger charge is 2.23. The number of hydrogen-bond donors (Lipinski definition) is 2. The number of benzene rings is 2. The number of amides is 2. The third-order valence-electron chi connectivity index (χ3n) is 6.08. The van der Waals surface area contributed by atoms with E-state index in [1.54, 1.807) is 6.07 Å². The minimum atomic E-state index is -0.318. The van der Waals surface area contributed by atoms with Crippen molar-refractivity contribution in [2.24, 2.45) is 0 Å². The summed E-state index contributed by atoms with van der Waals surface area (Å²) in [5.74, 6) is -0.596. The molecule has 0 saturated carbocycles. The lowest BCUT2D eigenvalue weighted by molar-refractivity contribution is -0.115. The quantitative estimate of drug-likeness (QED) is 0.487. The lowest BCUT2D eigenvalue weighted by Crippen LogP contribution is -2.45. The van der Waals surface area contributed by atoms with Gasteiger partial charge in [0.05, 0.1) is 24.4 Å². The lowest BCUT2D eigenvalue weighted by atomic mass is 9.86. The van der Waals surface area contributed by atoms with Gasteiger partial charge in [-0.25, -0.2) is 4.98 Å². The Morgan fingerprint density at radius 2 is 1.81 bits per heavy atom. The van der Waals surface area contributed by atoms with Crippen molar-refractivity contribution < 1.29 is 14.3 Å². The Kier molecular flexibility index (Phi) is 7.76. The summed E-state index contributed by atoms with van der Waals surface area (Å²) in [7, 11) is 0. The van der Waals surface area contributed by atoms with E-state index in [4.69, 9.17) is 4.74 Å². The van der Waals surface area contributed by atoms with E-state index in [1.807, 2.05) is 35.7 Å². The number of carbonyl (C=O) groups is 2. The first-order valence-electron chi connectivity index (χ1n) is 12.2. The minimum absolute atomic E-state index is 0.0607. The number of carbonyl (C=O) groups excluding carboxylic acids is 2. The van der Waals surface area contributed by atoms with Crippen LogP contribution >= 0.6 is 11.3 Å². The van der Waals surface area contributed by atoms with Gasteiger partial charge in [-0.2, -0.15) is 0 Å². The topological polar surface area (TPSA) is 83.6 Å². The molecule has 2 heterocycles. The maximum atomic E-state index is 12.6. The molecule has 0 aliphatic carbocycles. The van der Waals surface area contributed by atoms with Crippen LogP contribution in [-0.4, -0.2) is 48.6 Å². The monoisotopic (exact) mass is 506 g/mol. The predicted octanol–water partition coefficient (Wildman–Crippen LogP) is 5.09. The van der Waals surface area contributed by atoms with Crippen LogP contribution in [0.1, 0.15) is 50.5 Å². The smallest absolute Gasteiger partial charge is 0.251 e. The Bertz CT molecular complexity index is 1220. The molecule has 36 heavy (non-hydrogen) atoms. The van der Waals surface area contributed by atoms with E-state index < -0.39 is 0 Å². The maximum absolute atomic E-state index is 12.6. The molecule has 2 N–H and O–H groups in total. The molecule has 1 saturated heterocycles. The number of thiazole rings is 1. The number of ether oxygens (including phenoxy) is 1. The normalized spacial score (nSPS) is 18.1. The van der Waals surface area contributed by atoms with Crippen LogP contribution in [0.5, 0.6) is 0 Å². The van der Waals surface area contributed by atoms with Crippen molar-refractivity contribution in [2.45, 2.75) is 52.2 Å². The van der Waals surface area contributed by atoms with Gasteiger partial charge in [-0.1, -0.05) is 45.0 Å². The summed E-state index contributed by atoms with van der Waals surface area (Å²) in [5, 5.41) is 7.91. The van der Waals surface area contributed by atoms with Crippen LogP contribution in [0.4, 0.5) is 10.8 Å². The highest BCUT2D eigenvalue weighted by molar-refractivity contribution is 7.14. The van der Waals surface area contributed by atoms with Crippen LogP contribution in [0.15, 0.2) is 53.9 Å². The zero-order valence-corrected chi connectivity index (χ0v) is 22.3. The van der Waals surface area contributed by atoms with Gasteiger partial charge in [-0.3, -0.25) is 9.59 Å². The molecule has 7 nitrogen and oxygen atoms in total. The van der Waals surface area contributed by atoms with Crippen LogP contribution < -0.4 is 15.5 Å². The average molecular weight is 507 g/mol. The third-order valence-corrected chi connectivity index (χ3v) is 6.84. The van der Waals surface area contributed by atoms with E-state index in [1.165, 1.54) is 11.3 Å². The fraction of sp³-hybridized carbons (Fsp3) is 0.393. The molecule has 3 aromatic rings. The Labute approximate surface area is 216 Å². The number of hydrogen-bond acceptors (Lipinski definition) is 6. The van der Waals surface area contributed by atoms with Crippen LogP contribution in [0, 0.1) is 0 Å². The average Bonchev–Trinajstić information content (AvgIpc) is 3.30. The first-order valence-corrected chi connectivity index (χ1v) is 13.1. The first-order chi connectivity index (χ1) is 17.1. The molecular formula is C28H34N4O3S. The molecule has 2 amide bonds. The molecule has 0 spiro atoms. The molecule has 190 valence electrons. The van der Waals surface area contributed by atoms with Gasteiger partial charge in [-0.05, 0) is 49.1 Å². The van der Waals surface area contributed by atoms with Gasteiger partial charge < -0.3 is 20.3 Å². The van der Waals surface area contributed by atoms with Crippen molar-refractivity contribution in [1.29, 1.82) is 0 Å². The van der Waals surface area contributed by atoms with Gasteiger partial charge in [0.15, 0.2) is 5.13 Å². The zero-order chi connectivity index (χ0) is 25.9. The molecule has 1 aromatic heterocycles. The largest absolute Gasteiger partial charge is 0.372 e. The summed E-state index contributed by atoms with van der Waals surface area (Å²) in [4.78, 5) is 31.9. The van der Waals surface area contributed by atoms with Crippen molar-refractivity contribution in [3.8, 4) is 11.3 Å². The molecule has 4 rings (SSSR count).